The number of methoxy groups -OCH3 is 1. The average molecular weight is 540 g/mol. The van der Waals surface area contributed by atoms with Crippen LogP contribution in [-0.2, 0) is 22.4 Å². The molecule has 4 rings (SSSR count). The standard InChI is InChI=1S/C30H37NO6S/c1-5-27-29(35-7-3)31-30(38-27)22-11-14-25(26(18-22)33-4)37-16-8-15-36-23-12-13-24-20(17-23)9-10-21(24)19-28(32)34-6-2/h11-14,17-18,21H,5-10,15-16,19H2,1-4H3/t21-/m0/s1. The lowest BCUT2D eigenvalue weighted by Gasteiger charge is -2.13. The van der Waals surface area contributed by atoms with Crippen LogP contribution in [0.3, 0.4) is 0 Å². The summed E-state index contributed by atoms with van der Waals surface area (Å²) in [6, 6.07) is 12.1. The van der Waals surface area contributed by atoms with Gasteiger partial charge < -0.3 is 23.7 Å². The van der Waals surface area contributed by atoms with Crippen molar-refractivity contribution < 1.29 is 28.5 Å². The van der Waals surface area contributed by atoms with Gasteiger partial charge in [-0.2, -0.15) is 0 Å². The Morgan fingerprint density at radius 2 is 1.84 bits per heavy atom. The van der Waals surface area contributed by atoms with Crippen molar-refractivity contribution in [3.8, 4) is 33.7 Å². The first-order valence-corrected chi connectivity index (χ1v) is 14.2. The summed E-state index contributed by atoms with van der Waals surface area (Å²) in [5.74, 6) is 3.05. The summed E-state index contributed by atoms with van der Waals surface area (Å²) in [5, 5.41) is 0.908. The lowest BCUT2D eigenvalue weighted by molar-refractivity contribution is -0.143. The van der Waals surface area contributed by atoms with E-state index >= 15 is 0 Å². The molecule has 204 valence electrons. The van der Waals surface area contributed by atoms with Crippen LogP contribution >= 0.6 is 11.3 Å². The largest absolute Gasteiger partial charge is 0.493 e. The molecule has 0 aliphatic heterocycles. The van der Waals surface area contributed by atoms with Gasteiger partial charge in [0.1, 0.15) is 10.8 Å². The second-order valence-electron chi connectivity index (χ2n) is 9.06. The predicted molar refractivity (Wildman–Crippen MR) is 149 cm³/mol. The lowest BCUT2D eigenvalue weighted by Crippen LogP contribution is -2.08. The van der Waals surface area contributed by atoms with Crippen LogP contribution in [0, 0.1) is 0 Å². The zero-order valence-corrected chi connectivity index (χ0v) is 23.5. The molecule has 1 aliphatic rings. The van der Waals surface area contributed by atoms with E-state index in [1.807, 2.05) is 38.1 Å². The molecule has 0 amide bonds. The minimum absolute atomic E-state index is 0.124. The van der Waals surface area contributed by atoms with Crippen molar-refractivity contribution >= 4 is 17.3 Å². The Morgan fingerprint density at radius 3 is 2.61 bits per heavy atom. The van der Waals surface area contributed by atoms with E-state index in [-0.39, 0.29) is 11.9 Å². The number of hydrogen-bond acceptors (Lipinski definition) is 8. The number of thiazole rings is 1. The van der Waals surface area contributed by atoms with Gasteiger partial charge in [0.05, 0.1) is 44.8 Å². The number of rotatable bonds is 14. The van der Waals surface area contributed by atoms with Crippen molar-refractivity contribution in [1.82, 2.24) is 4.98 Å². The number of carbonyl (C=O) groups excluding carboxylic acids is 1. The van der Waals surface area contributed by atoms with Crippen molar-refractivity contribution in [2.75, 3.05) is 33.5 Å². The molecule has 1 atom stereocenters. The van der Waals surface area contributed by atoms with Gasteiger partial charge in [-0.1, -0.05) is 13.0 Å². The van der Waals surface area contributed by atoms with E-state index in [0.29, 0.717) is 50.2 Å². The highest BCUT2D eigenvalue weighted by molar-refractivity contribution is 7.15. The number of nitrogens with zero attached hydrogens (tertiary/aromatic N) is 1. The molecule has 1 aliphatic carbocycles. The van der Waals surface area contributed by atoms with Crippen molar-refractivity contribution in [2.24, 2.45) is 0 Å². The molecule has 0 saturated heterocycles. The topological polar surface area (TPSA) is 76.1 Å². The van der Waals surface area contributed by atoms with Crippen LogP contribution in [-0.4, -0.2) is 44.5 Å². The SMILES string of the molecule is CCOC(=O)C[C@@H]1CCc2cc(OCCCOc3ccc(-c4nc(OCC)c(CC)s4)cc3OC)ccc21. The third-order valence-corrected chi connectivity index (χ3v) is 7.75. The molecular formula is C30H37NO6S. The third-order valence-electron chi connectivity index (χ3n) is 6.52. The number of benzene rings is 2. The molecule has 1 heterocycles. The number of ether oxygens (including phenoxy) is 5. The number of fused-ring (bicyclic) bond motifs is 1. The van der Waals surface area contributed by atoms with Gasteiger partial charge in [0.25, 0.3) is 0 Å². The number of esters is 1. The molecule has 8 heteroatoms. The first-order valence-electron chi connectivity index (χ1n) is 13.4. The molecule has 3 aromatic rings. The number of hydrogen-bond donors (Lipinski definition) is 0. The maximum atomic E-state index is 11.9. The molecule has 0 bridgehead atoms. The van der Waals surface area contributed by atoms with Crippen molar-refractivity contribution in [3.05, 3.63) is 52.4 Å². The molecule has 0 N–H and O–H groups in total. The number of aryl methyl sites for hydroxylation is 2. The predicted octanol–water partition coefficient (Wildman–Crippen LogP) is 6.61. The van der Waals surface area contributed by atoms with E-state index in [1.165, 1.54) is 11.1 Å². The molecule has 0 spiro atoms. The van der Waals surface area contributed by atoms with Crippen molar-refractivity contribution in [2.45, 2.75) is 58.8 Å². The first-order chi connectivity index (χ1) is 18.6. The van der Waals surface area contributed by atoms with E-state index < -0.39 is 0 Å². The van der Waals surface area contributed by atoms with Gasteiger partial charge in [-0.25, -0.2) is 4.98 Å². The molecular weight excluding hydrogens is 502 g/mol. The summed E-state index contributed by atoms with van der Waals surface area (Å²) in [4.78, 5) is 17.7. The fraction of sp³-hybridized carbons (Fsp3) is 0.467. The molecule has 0 saturated carbocycles. The summed E-state index contributed by atoms with van der Waals surface area (Å²) in [5.41, 5.74) is 3.48. The second-order valence-corrected chi connectivity index (χ2v) is 10.1. The zero-order chi connectivity index (χ0) is 26.9. The molecule has 0 radical (unpaired) electrons. The van der Waals surface area contributed by atoms with E-state index in [1.54, 1.807) is 18.4 Å². The van der Waals surface area contributed by atoms with Gasteiger partial charge in [-0.3, -0.25) is 4.79 Å². The third kappa shape index (κ3) is 6.78. The van der Waals surface area contributed by atoms with E-state index in [2.05, 4.69) is 24.0 Å². The highest BCUT2D eigenvalue weighted by Gasteiger charge is 2.25. The highest BCUT2D eigenvalue weighted by Crippen LogP contribution is 2.39. The first kappa shape index (κ1) is 27.8. The molecule has 2 aromatic carbocycles. The smallest absolute Gasteiger partial charge is 0.306 e. The second kappa shape index (κ2) is 13.5. The van der Waals surface area contributed by atoms with Crippen LogP contribution < -0.4 is 18.9 Å². The highest BCUT2D eigenvalue weighted by atomic mass is 32.1. The summed E-state index contributed by atoms with van der Waals surface area (Å²) in [6.07, 6.45) is 4.00. The Morgan fingerprint density at radius 1 is 1.00 bits per heavy atom. The number of carbonyl (C=O) groups is 1. The van der Waals surface area contributed by atoms with Gasteiger partial charge in [-0.15, -0.1) is 11.3 Å². The maximum Gasteiger partial charge on any atom is 0.306 e. The molecule has 0 unspecified atom stereocenters. The Bertz CT molecular complexity index is 1220. The van der Waals surface area contributed by atoms with Crippen LogP contribution in [0.5, 0.6) is 23.1 Å². The van der Waals surface area contributed by atoms with Crippen molar-refractivity contribution in [1.29, 1.82) is 0 Å². The summed E-state index contributed by atoms with van der Waals surface area (Å²) in [6.45, 7) is 7.99. The van der Waals surface area contributed by atoms with Gasteiger partial charge in [0, 0.05) is 12.0 Å². The monoisotopic (exact) mass is 539 g/mol. The van der Waals surface area contributed by atoms with Crippen LogP contribution in [0.4, 0.5) is 0 Å². The Hall–Kier alpha value is -3.26. The Kier molecular flexibility index (Phi) is 9.87. The lowest BCUT2D eigenvalue weighted by atomic mass is 9.98. The fourth-order valence-electron chi connectivity index (χ4n) is 4.69. The van der Waals surface area contributed by atoms with Crippen LogP contribution in [0.2, 0.25) is 0 Å². The summed E-state index contributed by atoms with van der Waals surface area (Å²) < 4.78 is 28.4. The fourth-order valence-corrected chi connectivity index (χ4v) is 5.63. The Labute approximate surface area is 229 Å². The number of aromatic nitrogens is 1. The summed E-state index contributed by atoms with van der Waals surface area (Å²) >= 11 is 1.64. The van der Waals surface area contributed by atoms with Gasteiger partial charge in [0.2, 0.25) is 5.88 Å². The Balaban J connectivity index is 1.27. The van der Waals surface area contributed by atoms with Gasteiger partial charge in [-0.05, 0) is 80.5 Å². The van der Waals surface area contributed by atoms with Crippen molar-refractivity contribution in [3.63, 3.8) is 0 Å². The van der Waals surface area contributed by atoms with Gasteiger partial charge >= 0.3 is 5.97 Å². The summed E-state index contributed by atoms with van der Waals surface area (Å²) in [7, 11) is 1.64. The normalized spacial score (nSPS) is 14.2. The molecule has 0 fully saturated rings. The molecule has 38 heavy (non-hydrogen) atoms. The molecule has 1 aromatic heterocycles. The van der Waals surface area contributed by atoms with E-state index in [4.69, 9.17) is 23.7 Å². The quantitative estimate of drug-likeness (QED) is 0.168. The van der Waals surface area contributed by atoms with Crippen LogP contribution in [0.1, 0.15) is 62.0 Å². The zero-order valence-electron chi connectivity index (χ0n) is 22.7. The van der Waals surface area contributed by atoms with Gasteiger partial charge in [0.15, 0.2) is 11.5 Å². The average Bonchev–Trinajstić information content (AvgIpc) is 3.52. The maximum absolute atomic E-state index is 11.9. The van der Waals surface area contributed by atoms with E-state index in [9.17, 15) is 4.79 Å². The molecule has 7 nitrogen and oxygen atoms in total. The minimum atomic E-state index is -0.124. The van der Waals surface area contributed by atoms with Crippen LogP contribution in [0.15, 0.2) is 36.4 Å². The van der Waals surface area contributed by atoms with Crippen LogP contribution in [0.25, 0.3) is 10.6 Å². The minimum Gasteiger partial charge on any atom is -0.493 e. The van der Waals surface area contributed by atoms with E-state index in [0.717, 1.165) is 46.9 Å².